The number of carbonyl (C=O) groups is 1. The van der Waals surface area contributed by atoms with Gasteiger partial charge in [0.05, 0.1) is 17.8 Å². The van der Waals surface area contributed by atoms with E-state index in [0.29, 0.717) is 12.3 Å². The van der Waals surface area contributed by atoms with Gasteiger partial charge in [-0.15, -0.1) is 0 Å². The van der Waals surface area contributed by atoms with Gasteiger partial charge in [-0.1, -0.05) is 35.9 Å². The number of hydrogen-bond acceptors (Lipinski definition) is 4. The summed E-state index contributed by atoms with van der Waals surface area (Å²) >= 11 is 0. The van der Waals surface area contributed by atoms with Crippen molar-refractivity contribution in [1.82, 2.24) is 4.98 Å². The number of carbonyl (C=O) groups excluding carboxylic acids is 1. The van der Waals surface area contributed by atoms with Crippen LogP contribution in [0.3, 0.4) is 0 Å². The molecule has 3 aromatic rings. The summed E-state index contributed by atoms with van der Waals surface area (Å²) in [7, 11) is 0. The zero-order valence-corrected chi connectivity index (χ0v) is 13.2. The third-order valence-corrected chi connectivity index (χ3v) is 3.53. The zero-order valence-electron chi connectivity index (χ0n) is 13.2. The summed E-state index contributed by atoms with van der Waals surface area (Å²) in [5.74, 6) is -0.412. The first-order valence-corrected chi connectivity index (χ1v) is 7.58. The second kappa shape index (κ2) is 6.48. The number of esters is 1. The van der Waals surface area contributed by atoms with E-state index in [2.05, 4.69) is 10.3 Å². The topological polar surface area (TPSA) is 51.2 Å². The van der Waals surface area contributed by atoms with Gasteiger partial charge >= 0.3 is 5.97 Å². The van der Waals surface area contributed by atoms with E-state index >= 15 is 0 Å². The molecule has 0 fully saturated rings. The van der Waals surface area contributed by atoms with Gasteiger partial charge in [-0.3, -0.25) is 0 Å². The Morgan fingerprint density at radius 1 is 1.13 bits per heavy atom. The number of nitrogens with one attached hydrogen (secondary N) is 1. The molecule has 1 aromatic heterocycles. The third kappa shape index (κ3) is 3.31. The van der Waals surface area contributed by atoms with Gasteiger partial charge in [0.2, 0.25) is 0 Å². The van der Waals surface area contributed by atoms with Crippen molar-refractivity contribution in [2.24, 2.45) is 0 Å². The van der Waals surface area contributed by atoms with Crippen molar-refractivity contribution in [3.63, 3.8) is 0 Å². The van der Waals surface area contributed by atoms with Crippen LogP contribution in [0.2, 0.25) is 0 Å². The fourth-order valence-corrected chi connectivity index (χ4v) is 2.38. The number of pyridine rings is 1. The summed E-state index contributed by atoms with van der Waals surface area (Å²) < 4.78 is 5.07. The number of hydrogen-bond donors (Lipinski definition) is 1. The smallest absolute Gasteiger partial charge is 0.357 e. The number of aromatic nitrogens is 1. The number of benzene rings is 2. The van der Waals surface area contributed by atoms with Gasteiger partial charge in [-0.25, -0.2) is 9.78 Å². The van der Waals surface area contributed by atoms with Crippen LogP contribution in [-0.2, 0) is 4.74 Å². The largest absolute Gasteiger partial charge is 0.461 e. The second-order valence-corrected chi connectivity index (χ2v) is 5.28. The molecule has 0 amide bonds. The van der Waals surface area contributed by atoms with E-state index in [4.69, 9.17) is 4.74 Å². The molecular weight excluding hydrogens is 288 g/mol. The molecule has 116 valence electrons. The Labute approximate surface area is 135 Å². The highest BCUT2D eigenvalue weighted by Gasteiger charge is 2.13. The molecule has 0 saturated carbocycles. The molecule has 4 nitrogen and oxygen atoms in total. The molecular formula is C19H18N2O2. The maximum absolute atomic E-state index is 12.0. The van der Waals surface area contributed by atoms with Gasteiger partial charge in [0, 0.05) is 11.1 Å². The van der Waals surface area contributed by atoms with Crippen molar-refractivity contribution < 1.29 is 9.53 Å². The van der Waals surface area contributed by atoms with E-state index in [0.717, 1.165) is 22.3 Å². The molecule has 0 aliphatic rings. The van der Waals surface area contributed by atoms with Crippen LogP contribution in [0.4, 0.5) is 11.4 Å². The third-order valence-electron chi connectivity index (χ3n) is 3.53. The predicted octanol–water partition coefficient (Wildman–Crippen LogP) is 4.46. The van der Waals surface area contributed by atoms with E-state index in [9.17, 15) is 4.79 Å². The monoisotopic (exact) mass is 306 g/mol. The Balaban J connectivity index is 2.06. The molecule has 0 atom stereocenters. The summed E-state index contributed by atoms with van der Waals surface area (Å²) in [5.41, 5.74) is 4.06. The number of rotatable bonds is 4. The van der Waals surface area contributed by atoms with Crippen molar-refractivity contribution >= 4 is 28.2 Å². The highest BCUT2D eigenvalue weighted by atomic mass is 16.5. The Morgan fingerprint density at radius 3 is 2.61 bits per heavy atom. The van der Waals surface area contributed by atoms with Crippen molar-refractivity contribution in [3.05, 3.63) is 65.9 Å². The molecule has 0 aliphatic carbocycles. The van der Waals surface area contributed by atoms with Gasteiger partial charge in [0.1, 0.15) is 0 Å². The van der Waals surface area contributed by atoms with Crippen LogP contribution < -0.4 is 5.32 Å². The Kier molecular flexibility index (Phi) is 4.24. The summed E-state index contributed by atoms with van der Waals surface area (Å²) in [6.45, 7) is 4.16. The van der Waals surface area contributed by atoms with Gasteiger partial charge < -0.3 is 10.1 Å². The average Bonchev–Trinajstić information content (AvgIpc) is 2.57. The molecule has 3 rings (SSSR count). The van der Waals surface area contributed by atoms with E-state index in [-0.39, 0.29) is 0 Å². The minimum absolute atomic E-state index is 0.306. The molecule has 0 saturated heterocycles. The van der Waals surface area contributed by atoms with E-state index in [1.54, 1.807) is 13.0 Å². The van der Waals surface area contributed by atoms with Crippen LogP contribution in [0.25, 0.3) is 10.9 Å². The fraction of sp³-hybridized carbons (Fsp3) is 0.158. The summed E-state index contributed by atoms with van der Waals surface area (Å²) in [6.07, 6.45) is 0. The number of anilines is 2. The molecule has 0 unspecified atom stereocenters. The van der Waals surface area contributed by atoms with Gasteiger partial charge in [-0.2, -0.15) is 0 Å². The normalized spacial score (nSPS) is 10.5. The van der Waals surface area contributed by atoms with E-state index in [1.807, 2.05) is 55.5 Å². The van der Waals surface area contributed by atoms with Gasteiger partial charge in [0.15, 0.2) is 5.69 Å². The van der Waals surface area contributed by atoms with Gasteiger partial charge in [0.25, 0.3) is 0 Å². The number of nitrogens with zero attached hydrogens (tertiary/aromatic N) is 1. The second-order valence-electron chi connectivity index (χ2n) is 5.28. The van der Waals surface area contributed by atoms with E-state index in [1.165, 1.54) is 5.56 Å². The molecule has 23 heavy (non-hydrogen) atoms. The molecule has 0 bridgehead atoms. The minimum atomic E-state index is -0.412. The van der Waals surface area contributed by atoms with Crippen molar-refractivity contribution in [2.45, 2.75) is 13.8 Å². The first-order valence-electron chi connectivity index (χ1n) is 7.58. The number of para-hydroxylation sites is 1. The highest BCUT2D eigenvalue weighted by molar-refractivity contribution is 5.98. The Morgan fingerprint density at radius 2 is 1.87 bits per heavy atom. The first kappa shape index (κ1) is 15.0. The predicted molar refractivity (Wildman–Crippen MR) is 92.2 cm³/mol. The van der Waals surface area contributed by atoms with Crippen LogP contribution in [0.15, 0.2) is 54.6 Å². The molecule has 1 heterocycles. The average molecular weight is 306 g/mol. The van der Waals surface area contributed by atoms with Crippen LogP contribution in [0, 0.1) is 6.92 Å². The van der Waals surface area contributed by atoms with Crippen LogP contribution in [0.5, 0.6) is 0 Å². The minimum Gasteiger partial charge on any atom is -0.461 e. The molecule has 4 heteroatoms. The van der Waals surface area contributed by atoms with Gasteiger partial charge in [-0.05, 0) is 38.1 Å². The highest BCUT2D eigenvalue weighted by Crippen LogP contribution is 2.27. The van der Waals surface area contributed by atoms with Crippen LogP contribution in [0.1, 0.15) is 23.0 Å². The number of fused-ring (bicyclic) bond motifs is 1. The Hall–Kier alpha value is -2.88. The maximum atomic E-state index is 12.0. The van der Waals surface area contributed by atoms with Crippen LogP contribution >= 0.6 is 0 Å². The lowest BCUT2D eigenvalue weighted by molar-refractivity contribution is 0.0520. The van der Waals surface area contributed by atoms with Crippen molar-refractivity contribution in [1.29, 1.82) is 0 Å². The fourth-order valence-electron chi connectivity index (χ4n) is 2.38. The number of aryl methyl sites for hydroxylation is 1. The summed E-state index contributed by atoms with van der Waals surface area (Å²) in [5, 5.41) is 4.32. The Bertz CT molecular complexity index is 842. The molecule has 0 radical (unpaired) electrons. The summed E-state index contributed by atoms with van der Waals surface area (Å²) in [4.78, 5) is 16.4. The molecule has 0 aliphatic heterocycles. The quantitative estimate of drug-likeness (QED) is 0.723. The first-order chi connectivity index (χ1) is 11.2. The maximum Gasteiger partial charge on any atom is 0.357 e. The SMILES string of the molecule is CCOC(=O)c1cc(Nc2ccc(C)cc2)c2ccccc2n1. The van der Waals surface area contributed by atoms with E-state index < -0.39 is 5.97 Å². The lowest BCUT2D eigenvalue weighted by Gasteiger charge is -2.12. The molecule has 1 N–H and O–H groups in total. The number of ether oxygens (including phenoxy) is 1. The summed E-state index contributed by atoms with van der Waals surface area (Å²) in [6, 6.07) is 17.6. The van der Waals surface area contributed by atoms with Crippen molar-refractivity contribution in [3.8, 4) is 0 Å². The molecule has 0 spiro atoms. The standard InChI is InChI=1S/C19H18N2O2/c1-3-23-19(22)18-12-17(15-6-4-5-7-16(15)21-18)20-14-10-8-13(2)9-11-14/h4-12H,3H2,1-2H3,(H,20,21). The molecule has 2 aromatic carbocycles. The zero-order chi connectivity index (χ0) is 16.2. The van der Waals surface area contributed by atoms with Crippen molar-refractivity contribution in [2.75, 3.05) is 11.9 Å². The lowest BCUT2D eigenvalue weighted by Crippen LogP contribution is -2.08. The lowest BCUT2D eigenvalue weighted by atomic mass is 10.1. The van der Waals surface area contributed by atoms with Crippen LogP contribution in [-0.4, -0.2) is 17.6 Å².